The maximum atomic E-state index is 13.0. The molecule has 4 atom stereocenters. The van der Waals surface area contributed by atoms with Crippen molar-refractivity contribution in [2.45, 2.75) is 27.7 Å². The summed E-state index contributed by atoms with van der Waals surface area (Å²) in [5, 5.41) is 16.9. The number of aromatic nitrogens is 2. The number of aliphatic carboxylic acids is 1. The maximum absolute atomic E-state index is 13.0. The molecule has 18 heteroatoms. The van der Waals surface area contributed by atoms with E-state index in [0.29, 0.717) is 21.8 Å². The van der Waals surface area contributed by atoms with E-state index in [-0.39, 0.29) is 26.6 Å². The molecule has 1 saturated heterocycles. The van der Waals surface area contributed by atoms with Crippen LogP contribution in [-0.4, -0.2) is 67.6 Å². The summed E-state index contributed by atoms with van der Waals surface area (Å²) in [5.74, 6) is -2.64. The summed E-state index contributed by atoms with van der Waals surface area (Å²) in [6.45, 7) is 0. The average Bonchev–Trinajstić information content (AvgIpc) is 3.23. The van der Waals surface area contributed by atoms with Crippen molar-refractivity contribution in [3.63, 3.8) is 0 Å². The molecule has 1 fully saturated rings. The number of nitroso groups, excluding NO2 is 1. The molecule has 0 aromatic carbocycles. The van der Waals surface area contributed by atoms with Crippen molar-refractivity contribution in [2.24, 2.45) is 5.18 Å². The number of nitrogens with one attached hydrogen (secondary N) is 2. The molecule has 13 nitrogen and oxygen atoms in total. The van der Waals surface area contributed by atoms with E-state index < -0.39 is 40.6 Å². The zero-order valence-corrected chi connectivity index (χ0v) is 23.2. The number of β-lactam (4-membered cyclic amide) rings is 1. The average molecular weight is 616 g/mol. The van der Waals surface area contributed by atoms with Gasteiger partial charge < -0.3 is 21.5 Å². The van der Waals surface area contributed by atoms with Crippen LogP contribution in [-0.2, 0) is 19.2 Å². The molecule has 4 rings (SSSR count). The van der Waals surface area contributed by atoms with Crippen molar-refractivity contribution >= 4 is 87.5 Å². The number of fused-ring (bicyclic) bond motifs is 1. The van der Waals surface area contributed by atoms with E-state index in [1.165, 1.54) is 23.5 Å². The van der Waals surface area contributed by atoms with Gasteiger partial charge in [-0.3, -0.25) is 24.3 Å². The predicted octanol–water partition coefficient (Wildman–Crippen LogP) is 2.18. The Hall–Kier alpha value is -2.86. The van der Waals surface area contributed by atoms with Gasteiger partial charge in [-0.05, 0) is 17.5 Å². The standard InChI is InChI=1S/C20H18ClN7O6S4/c1-35-16(24-6-29)7-4-23-3-2-8(7)37-9-5-36-18-12(17(31)28(18)13(9)19(32)33)25-15(30)11(27-34)10-14(21)38-20(22)26-10/h2-4,6,11-12,16,18H,5H2,1H3,(H2,22,26)(H,24,29)(H,25,30)(H,32,33)/t11?,12-,16?,18+/m1/s1. The summed E-state index contributed by atoms with van der Waals surface area (Å²) in [4.78, 5) is 70.6. The van der Waals surface area contributed by atoms with Crippen LogP contribution in [0.3, 0.4) is 0 Å². The number of carboxylic acids is 1. The molecule has 4 heterocycles. The number of nitrogens with two attached hydrogens (primary N) is 1. The van der Waals surface area contributed by atoms with E-state index in [1.807, 2.05) is 0 Å². The molecule has 2 aromatic heterocycles. The first kappa shape index (κ1) is 28.2. The summed E-state index contributed by atoms with van der Waals surface area (Å²) in [6, 6.07) is -1.01. The quantitative estimate of drug-likeness (QED) is 0.125. The lowest BCUT2D eigenvalue weighted by molar-refractivity contribution is -0.150. The Kier molecular flexibility index (Phi) is 8.81. The van der Waals surface area contributed by atoms with Gasteiger partial charge in [0, 0.05) is 33.5 Å². The summed E-state index contributed by atoms with van der Waals surface area (Å²) in [6.07, 6.45) is 5.51. The van der Waals surface area contributed by atoms with Crippen LogP contribution < -0.4 is 16.4 Å². The molecule has 2 aromatic rings. The Labute approximate surface area is 236 Å². The number of carbonyl (C=O) groups excluding carboxylic acids is 3. The second-order valence-corrected chi connectivity index (χ2v) is 12.4. The number of hydrogen-bond donors (Lipinski definition) is 4. The second-order valence-electron chi connectivity index (χ2n) is 7.61. The largest absolute Gasteiger partial charge is 0.477 e. The molecular formula is C20H18ClN7O6S4. The Bertz CT molecular complexity index is 1340. The van der Waals surface area contributed by atoms with Crippen LogP contribution >= 0.6 is 58.2 Å². The van der Waals surface area contributed by atoms with Gasteiger partial charge in [0.2, 0.25) is 12.5 Å². The maximum Gasteiger partial charge on any atom is 0.353 e. The Balaban J connectivity index is 1.56. The number of pyridine rings is 1. The highest BCUT2D eigenvalue weighted by molar-refractivity contribution is 8.06. The van der Waals surface area contributed by atoms with Gasteiger partial charge in [0.1, 0.15) is 32.5 Å². The lowest BCUT2D eigenvalue weighted by atomic mass is 10.0. The minimum absolute atomic E-state index is 0.0242. The van der Waals surface area contributed by atoms with Crippen LogP contribution in [0.2, 0.25) is 4.34 Å². The lowest BCUT2D eigenvalue weighted by Crippen LogP contribution is -2.70. The van der Waals surface area contributed by atoms with Crippen LogP contribution in [0.15, 0.2) is 39.1 Å². The Morgan fingerprint density at radius 1 is 1.45 bits per heavy atom. The van der Waals surface area contributed by atoms with Gasteiger partial charge in [-0.2, -0.15) is 0 Å². The minimum Gasteiger partial charge on any atom is -0.477 e. The molecular weight excluding hydrogens is 598 g/mol. The molecule has 0 saturated carbocycles. The van der Waals surface area contributed by atoms with E-state index >= 15 is 0 Å². The predicted molar refractivity (Wildman–Crippen MR) is 145 cm³/mol. The molecule has 38 heavy (non-hydrogen) atoms. The van der Waals surface area contributed by atoms with Crippen molar-refractivity contribution in [3.8, 4) is 0 Å². The first-order valence-corrected chi connectivity index (χ1v) is 14.9. The number of anilines is 1. The monoisotopic (exact) mass is 615 g/mol. The highest BCUT2D eigenvalue weighted by Crippen LogP contribution is 2.46. The van der Waals surface area contributed by atoms with Crippen molar-refractivity contribution < 1.29 is 24.3 Å². The number of carbonyl (C=O) groups is 4. The topological polar surface area (TPSA) is 197 Å². The summed E-state index contributed by atoms with van der Waals surface area (Å²) >= 11 is 10.7. The number of amides is 3. The molecule has 2 aliphatic rings. The van der Waals surface area contributed by atoms with E-state index in [2.05, 4.69) is 25.8 Å². The normalized spacial score (nSPS) is 20.2. The zero-order valence-electron chi connectivity index (χ0n) is 19.2. The molecule has 3 amide bonds. The highest BCUT2D eigenvalue weighted by Gasteiger charge is 2.55. The van der Waals surface area contributed by atoms with Gasteiger partial charge in [0.15, 0.2) is 5.13 Å². The fourth-order valence-electron chi connectivity index (χ4n) is 3.78. The van der Waals surface area contributed by atoms with E-state index in [1.54, 1.807) is 24.7 Å². The van der Waals surface area contributed by atoms with Gasteiger partial charge in [-0.25, -0.2) is 9.78 Å². The fourth-order valence-corrected chi connectivity index (χ4v) is 8.06. The first-order valence-electron chi connectivity index (χ1n) is 10.5. The molecule has 2 unspecified atom stereocenters. The third-order valence-corrected chi connectivity index (χ3v) is 10.1. The number of thiazole rings is 1. The minimum atomic E-state index is -1.62. The van der Waals surface area contributed by atoms with E-state index in [4.69, 9.17) is 17.3 Å². The van der Waals surface area contributed by atoms with Crippen molar-refractivity contribution in [3.05, 3.63) is 49.6 Å². The van der Waals surface area contributed by atoms with Crippen LogP contribution in [0.4, 0.5) is 5.13 Å². The van der Waals surface area contributed by atoms with Gasteiger partial charge in [0.05, 0.1) is 0 Å². The third kappa shape index (κ3) is 5.33. The van der Waals surface area contributed by atoms with Crippen LogP contribution in [0, 0.1) is 4.91 Å². The lowest BCUT2D eigenvalue weighted by Gasteiger charge is -2.49. The third-order valence-electron chi connectivity index (χ3n) is 5.45. The number of thioether (sulfide) groups is 3. The van der Waals surface area contributed by atoms with Crippen molar-refractivity contribution in [1.29, 1.82) is 0 Å². The van der Waals surface area contributed by atoms with Crippen LogP contribution in [0.5, 0.6) is 0 Å². The Morgan fingerprint density at radius 3 is 2.82 bits per heavy atom. The molecule has 200 valence electrons. The second kappa shape index (κ2) is 11.9. The zero-order chi connectivity index (χ0) is 27.6. The van der Waals surface area contributed by atoms with E-state index in [9.17, 15) is 29.2 Å². The highest BCUT2D eigenvalue weighted by atomic mass is 35.5. The molecule has 0 aliphatic carbocycles. The van der Waals surface area contributed by atoms with E-state index in [0.717, 1.165) is 28.0 Å². The first-order chi connectivity index (χ1) is 18.2. The van der Waals surface area contributed by atoms with Crippen LogP contribution in [0.1, 0.15) is 22.7 Å². The van der Waals surface area contributed by atoms with Crippen molar-refractivity contribution in [1.82, 2.24) is 25.5 Å². The number of nitrogens with zero attached hydrogens (tertiary/aromatic N) is 4. The number of halogens is 1. The smallest absolute Gasteiger partial charge is 0.353 e. The van der Waals surface area contributed by atoms with Crippen LogP contribution in [0.25, 0.3) is 0 Å². The fraction of sp³-hybridized carbons (Fsp3) is 0.300. The van der Waals surface area contributed by atoms with Gasteiger partial charge in [-0.1, -0.05) is 34.7 Å². The number of hydrogen-bond acceptors (Lipinski definition) is 13. The number of nitrogen functional groups attached to an aromatic ring is 1. The molecule has 5 N–H and O–H groups in total. The van der Waals surface area contributed by atoms with Gasteiger partial charge in [0.25, 0.3) is 11.8 Å². The van der Waals surface area contributed by atoms with Crippen molar-refractivity contribution in [2.75, 3.05) is 17.7 Å². The summed E-state index contributed by atoms with van der Waals surface area (Å²) < 4.78 is 0.0242. The van der Waals surface area contributed by atoms with Gasteiger partial charge in [-0.15, -0.1) is 28.4 Å². The number of carboxylic acid groups (broad SMARTS) is 1. The molecule has 0 radical (unpaired) electrons. The summed E-state index contributed by atoms with van der Waals surface area (Å²) in [7, 11) is 0. The molecule has 0 bridgehead atoms. The van der Waals surface area contributed by atoms with Gasteiger partial charge >= 0.3 is 5.97 Å². The Morgan fingerprint density at radius 2 is 2.21 bits per heavy atom. The molecule has 0 spiro atoms. The number of rotatable bonds is 11. The molecule has 2 aliphatic heterocycles. The summed E-state index contributed by atoms with van der Waals surface area (Å²) in [5.41, 5.74) is 5.93. The SMILES string of the molecule is CSC(NC=O)c1cnccc1SC1=C(C(=O)O)N2C(=O)[C@@H](NC(=O)C(N=O)c3nc(N)sc3Cl)[C@@H]2SC1.